The Morgan fingerprint density at radius 1 is 1.08 bits per heavy atom. The fraction of sp³-hybridized carbons (Fsp3) is 0.448. The minimum Gasteiger partial charge on any atom is -0.744 e. The van der Waals surface area contributed by atoms with Gasteiger partial charge in [0.1, 0.15) is 39.0 Å². The van der Waals surface area contributed by atoms with Crippen molar-refractivity contribution in [2.24, 2.45) is 17.8 Å². The molecule has 4 unspecified atom stereocenters. The Labute approximate surface area is 221 Å². The lowest BCUT2D eigenvalue weighted by Gasteiger charge is -2.35. The first-order valence-electron chi connectivity index (χ1n) is 12.9. The van der Waals surface area contributed by atoms with E-state index in [1.807, 2.05) is 0 Å². The molecule has 2 aliphatic carbocycles. The van der Waals surface area contributed by atoms with Gasteiger partial charge in [0.15, 0.2) is 0 Å². The molecule has 0 N–H and O–H groups in total. The third-order valence-electron chi connectivity index (χ3n) is 8.42. The topological polar surface area (TPSA) is 66.4 Å². The molecule has 198 valence electrons. The molecule has 1 aliphatic heterocycles. The van der Waals surface area contributed by atoms with Crippen LogP contribution in [0.25, 0.3) is 10.8 Å². The van der Waals surface area contributed by atoms with Gasteiger partial charge in [-0.1, -0.05) is 43.7 Å². The standard InChI is InChI=1S/C23H28OS.C6H4F2O3S/c1-2-3-12-24-22-9-8-20(17-6-4-5-7-18(17)22)23-11-10-16(13-23)19-14-25-15-21(19)23;7-4-1-2-6(5(8)3-4)12(9,10)11/h4-9,16,19,21H,2-3,10-15H2,1H3;1-3H,(H,9,10,11). The molecule has 3 aromatic rings. The molecule has 2 bridgehead atoms. The zero-order valence-corrected chi connectivity index (χ0v) is 22.5. The zero-order valence-electron chi connectivity index (χ0n) is 20.8. The Morgan fingerprint density at radius 3 is 2.59 bits per heavy atom. The quantitative estimate of drug-likeness (QED) is 0.165. The molecule has 3 aromatic carbocycles. The lowest BCUT2D eigenvalue weighted by atomic mass is 9.67. The number of fused-ring (bicyclic) bond motifs is 6. The highest BCUT2D eigenvalue weighted by Crippen LogP contribution is 2.64. The summed E-state index contributed by atoms with van der Waals surface area (Å²) in [7, 11) is -4.84. The van der Waals surface area contributed by atoms with Gasteiger partial charge >= 0.3 is 0 Å². The molecule has 3 fully saturated rings. The normalized spacial score (nSPS) is 26.1. The molecule has 0 amide bonds. The highest BCUT2D eigenvalue weighted by Gasteiger charge is 2.62. The van der Waals surface area contributed by atoms with Crippen molar-refractivity contribution in [2.45, 2.75) is 49.3 Å². The summed E-state index contributed by atoms with van der Waals surface area (Å²) in [5.74, 6) is 4.62. The van der Waals surface area contributed by atoms with Gasteiger partial charge in [-0.05, 0) is 72.5 Å². The summed E-state index contributed by atoms with van der Waals surface area (Å²) in [4.78, 5) is -1.04. The molecule has 4 nitrogen and oxygen atoms in total. The Hall–Kier alpha value is -2.16. The van der Waals surface area contributed by atoms with Crippen LogP contribution in [0.15, 0.2) is 59.5 Å². The Kier molecular flexibility index (Phi) is 7.53. The first-order valence-corrected chi connectivity index (χ1v) is 15.6. The van der Waals surface area contributed by atoms with Crippen molar-refractivity contribution >= 4 is 32.7 Å². The van der Waals surface area contributed by atoms with Gasteiger partial charge in [0, 0.05) is 28.7 Å². The smallest absolute Gasteiger partial charge is 0.143 e. The van der Waals surface area contributed by atoms with Gasteiger partial charge in [0.25, 0.3) is 0 Å². The monoisotopic (exact) mass is 546 g/mol. The predicted molar refractivity (Wildman–Crippen MR) is 143 cm³/mol. The van der Waals surface area contributed by atoms with Crippen molar-refractivity contribution < 1.29 is 26.5 Å². The van der Waals surface area contributed by atoms with E-state index in [9.17, 15) is 21.8 Å². The zero-order chi connectivity index (χ0) is 26.2. The third kappa shape index (κ3) is 5.00. The van der Waals surface area contributed by atoms with Crippen LogP contribution in [0.5, 0.6) is 5.75 Å². The third-order valence-corrected chi connectivity index (χ3v) is 10.6. The average molecular weight is 547 g/mol. The van der Waals surface area contributed by atoms with Crippen molar-refractivity contribution in [3.05, 3.63) is 71.8 Å². The van der Waals surface area contributed by atoms with Crippen LogP contribution in [0.2, 0.25) is 0 Å². The van der Waals surface area contributed by atoms with Crippen LogP contribution in [0.4, 0.5) is 8.78 Å². The van der Waals surface area contributed by atoms with E-state index in [0.717, 1.165) is 36.5 Å². The summed E-state index contributed by atoms with van der Waals surface area (Å²) >= 11 is 1.71. The lowest BCUT2D eigenvalue weighted by molar-refractivity contribution is 0.247. The van der Waals surface area contributed by atoms with Crippen LogP contribution < -0.4 is 4.74 Å². The number of halogens is 2. The Morgan fingerprint density at radius 2 is 1.86 bits per heavy atom. The second-order valence-corrected chi connectivity index (χ2v) is 12.9. The van der Waals surface area contributed by atoms with Crippen molar-refractivity contribution in [3.8, 4) is 5.75 Å². The van der Waals surface area contributed by atoms with Crippen molar-refractivity contribution in [2.75, 3.05) is 18.1 Å². The van der Waals surface area contributed by atoms with Gasteiger partial charge < -0.3 is 9.29 Å². The minimum absolute atomic E-state index is 0.338. The largest absolute Gasteiger partial charge is 0.744 e. The molecule has 0 spiro atoms. The molecule has 3 aliphatic rings. The highest BCUT2D eigenvalue weighted by molar-refractivity contribution is 7.85. The second-order valence-electron chi connectivity index (χ2n) is 10.4. The van der Waals surface area contributed by atoms with Crippen LogP contribution in [0.3, 0.4) is 0 Å². The van der Waals surface area contributed by atoms with E-state index < -0.39 is 26.6 Å². The fourth-order valence-electron chi connectivity index (χ4n) is 6.78. The first kappa shape index (κ1) is 26.4. The van der Waals surface area contributed by atoms with E-state index in [4.69, 9.17) is 4.74 Å². The molecule has 37 heavy (non-hydrogen) atoms. The molecule has 1 saturated heterocycles. The summed E-state index contributed by atoms with van der Waals surface area (Å²) in [5, 5.41) is 2.79. The SMILES string of the molecule is CCCCOc1ccc(C23CCC(C2)C2C[SH+]CC23)c2ccccc12.O=S(=O)([O-])c1ccc(F)cc1F. The van der Waals surface area contributed by atoms with E-state index in [1.165, 1.54) is 48.0 Å². The molecule has 0 radical (unpaired) electrons. The van der Waals surface area contributed by atoms with Crippen LogP contribution in [-0.2, 0) is 27.3 Å². The van der Waals surface area contributed by atoms with Gasteiger partial charge in [-0.2, -0.15) is 0 Å². The summed E-state index contributed by atoms with van der Waals surface area (Å²) < 4.78 is 61.6. The van der Waals surface area contributed by atoms with E-state index in [1.54, 1.807) is 17.3 Å². The van der Waals surface area contributed by atoms with Crippen molar-refractivity contribution in [1.29, 1.82) is 0 Å². The molecule has 2 saturated carbocycles. The number of ether oxygens (including phenoxy) is 1. The number of unbranched alkanes of at least 4 members (excludes halogenated alkanes) is 1. The van der Waals surface area contributed by atoms with Gasteiger partial charge in [0.05, 0.1) is 11.5 Å². The first-order chi connectivity index (χ1) is 17.7. The van der Waals surface area contributed by atoms with Crippen LogP contribution in [0, 0.1) is 29.4 Å². The number of hydrogen-bond acceptors (Lipinski definition) is 4. The molecule has 4 atom stereocenters. The van der Waals surface area contributed by atoms with E-state index in [2.05, 4.69) is 43.3 Å². The predicted octanol–water partition coefficient (Wildman–Crippen LogP) is 6.00. The van der Waals surface area contributed by atoms with Crippen LogP contribution in [-0.4, -0.2) is 31.1 Å². The molecule has 0 aromatic heterocycles. The van der Waals surface area contributed by atoms with Crippen molar-refractivity contribution in [3.63, 3.8) is 0 Å². The van der Waals surface area contributed by atoms with Crippen LogP contribution >= 0.6 is 0 Å². The molecular weight excluding hydrogens is 514 g/mol. The Bertz CT molecular complexity index is 1390. The number of benzene rings is 3. The second kappa shape index (κ2) is 10.5. The average Bonchev–Trinajstić information content (AvgIpc) is 3.58. The molecule has 6 rings (SSSR count). The van der Waals surface area contributed by atoms with Gasteiger partial charge in [-0.25, -0.2) is 17.2 Å². The van der Waals surface area contributed by atoms with Gasteiger partial charge in [0.2, 0.25) is 0 Å². The number of thiol groups is 1. The van der Waals surface area contributed by atoms with Crippen molar-refractivity contribution in [1.82, 2.24) is 0 Å². The maximum absolute atomic E-state index is 12.5. The summed E-state index contributed by atoms with van der Waals surface area (Å²) in [5.41, 5.74) is 2.10. The maximum Gasteiger partial charge on any atom is 0.143 e. The summed E-state index contributed by atoms with van der Waals surface area (Å²) in [6, 6.07) is 15.3. The Balaban J connectivity index is 0.000000198. The minimum atomic E-state index is -4.84. The summed E-state index contributed by atoms with van der Waals surface area (Å²) in [6.07, 6.45) is 6.62. The van der Waals surface area contributed by atoms with E-state index >= 15 is 0 Å². The van der Waals surface area contributed by atoms with Gasteiger partial charge in [-0.3, -0.25) is 0 Å². The lowest BCUT2D eigenvalue weighted by Crippen LogP contribution is -2.34. The maximum atomic E-state index is 12.5. The highest BCUT2D eigenvalue weighted by atomic mass is 32.2. The van der Waals surface area contributed by atoms with E-state index in [-0.39, 0.29) is 0 Å². The number of hydrogen-bond donors (Lipinski definition) is 0. The molecule has 8 heteroatoms. The number of rotatable bonds is 6. The molecule has 1 heterocycles. The van der Waals surface area contributed by atoms with Gasteiger partial charge in [-0.15, -0.1) is 0 Å². The molecular formula is C29H32F2O4S2. The van der Waals surface area contributed by atoms with E-state index in [0.29, 0.717) is 23.6 Å². The van der Waals surface area contributed by atoms with Crippen LogP contribution in [0.1, 0.15) is 44.6 Å². The summed E-state index contributed by atoms with van der Waals surface area (Å²) in [6.45, 7) is 3.05. The fourth-order valence-corrected chi connectivity index (χ4v) is 9.22.